The van der Waals surface area contributed by atoms with Gasteiger partial charge in [0.15, 0.2) is 0 Å². The second-order valence-electron chi connectivity index (χ2n) is 6.75. The molecule has 1 aliphatic rings. The summed E-state index contributed by atoms with van der Waals surface area (Å²) in [4.78, 5) is 27.2. The standard InChI is InChI=1S/C21H21N3O2/c25-20(12-7-15-13-22-19-4-2-1-3-18(15)19)23-16-8-10-17(11-9-16)24-21(26)14-5-6-14/h1-4,8-11,13-14,22H,5-7,12H2,(H,23,25)(H,24,26). The first-order valence-electron chi connectivity index (χ1n) is 8.95. The molecule has 0 radical (unpaired) electrons. The molecule has 1 saturated carbocycles. The van der Waals surface area contributed by atoms with Gasteiger partial charge in [0.05, 0.1) is 0 Å². The van der Waals surface area contributed by atoms with Gasteiger partial charge in [-0.1, -0.05) is 18.2 Å². The van der Waals surface area contributed by atoms with E-state index in [9.17, 15) is 9.59 Å². The average molecular weight is 347 g/mol. The molecule has 0 atom stereocenters. The van der Waals surface area contributed by atoms with Crippen LogP contribution in [0.5, 0.6) is 0 Å². The SMILES string of the molecule is O=C(CCc1c[nH]c2ccccc12)Nc1ccc(NC(=O)C2CC2)cc1. The van der Waals surface area contributed by atoms with Gasteiger partial charge in [-0.15, -0.1) is 0 Å². The molecule has 1 fully saturated rings. The number of aromatic amines is 1. The first-order chi connectivity index (χ1) is 12.7. The summed E-state index contributed by atoms with van der Waals surface area (Å²) < 4.78 is 0. The van der Waals surface area contributed by atoms with Gasteiger partial charge < -0.3 is 15.6 Å². The number of carbonyl (C=O) groups excluding carboxylic acids is 2. The van der Waals surface area contributed by atoms with E-state index in [4.69, 9.17) is 0 Å². The Kier molecular flexibility index (Phi) is 4.44. The zero-order valence-electron chi connectivity index (χ0n) is 14.4. The van der Waals surface area contributed by atoms with Gasteiger partial charge in [-0.05, 0) is 55.2 Å². The molecule has 1 aromatic heterocycles. The maximum Gasteiger partial charge on any atom is 0.227 e. The van der Waals surface area contributed by atoms with Gasteiger partial charge >= 0.3 is 0 Å². The topological polar surface area (TPSA) is 74.0 Å². The van der Waals surface area contributed by atoms with Crippen molar-refractivity contribution in [1.29, 1.82) is 0 Å². The van der Waals surface area contributed by atoms with Crippen LogP contribution in [0.25, 0.3) is 10.9 Å². The number of hydrogen-bond donors (Lipinski definition) is 3. The van der Waals surface area contributed by atoms with Crippen molar-refractivity contribution in [3.63, 3.8) is 0 Å². The summed E-state index contributed by atoms with van der Waals surface area (Å²) in [6.45, 7) is 0. The van der Waals surface area contributed by atoms with E-state index in [1.54, 1.807) is 0 Å². The maximum absolute atomic E-state index is 12.2. The predicted octanol–water partition coefficient (Wildman–Crippen LogP) is 4.09. The molecule has 5 heteroatoms. The number of H-pyrrole nitrogens is 1. The summed E-state index contributed by atoms with van der Waals surface area (Å²) in [5.74, 6) is 0.240. The van der Waals surface area contributed by atoms with Crippen LogP contribution in [0.3, 0.4) is 0 Å². The van der Waals surface area contributed by atoms with Crippen molar-refractivity contribution in [2.75, 3.05) is 10.6 Å². The van der Waals surface area contributed by atoms with Crippen LogP contribution >= 0.6 is 0 Å². The van der Waals surface area contributed by atoms with E-state index in [0.29, 0.717) is 12.8 Å². The molecule has 0 bridgehead atoms. The number of anilines is 2. The molecule has 5 nitrogen and oxygen atoms in total. The van der Waals surface area contributed by atoms with Crippen LogP contribution in [0.4, 0.5) is 11.4 Å². The normalized spacial score (nSPS) is 13.5. The second kappa shape index (κ2) is 7.04. The lowest BCUT2D eigenvalue weighted by Gasteiger charge is -2.08. The molecule has 1 aliphatic carbocycles. The molecule has 0 saturated heterocycles. The summed E-state index contributed by atoms with van der Waals surface area (Å²) in [7, 11) is 0. The van der Waals surface area contributed by atoms with Crippen molar-refractivity contribution >= 4 is 34.1 Å². The lowest BCUT2D eigenvalue weighted by atomic mass is 10.1. The van der Waals surface area contributed by atoms with Crippen molar-refractivity contribution in [2.45, 2.75) is 25.7 Å². The predicted molar refractivity (Wildman–Crippen MR) is 103 cm³/mol. The number of amides is 2. The number of carbonyl (C=O) groups is 2. The molecular weight excluding hydrogens is 326 g/mol. The van der Waals surface area contributed by atoms with Crippen LogP contribution in [0.2, 0.25) is 0 Å². The number of hydrogen-bond acceptors (Lipinski definition) is 2. The Hall–Kier alpha value is -3.08. The van der Waals surface area contributed by atoms with Crippen LogP contribution in [-0.2, 0) is 16.0 Å². The molecule has 3 N–H and O–H groups in total. The third-order valence-corrected chi connectivity index (χ3v) is 4.68. The lowest BCUT2D eigenvalue weighted by Crippen LogP contribution is -2.14. The van der Waals surface area contributed by atoms with E-state index >= 15 is 0 Å². The Morgan fingerprint density at radius 2 is 1.65 bits per heavy atom. The average Bonchev–Trinajstić information content (AvgIpc) is 3.43. The zero-order valence-corrected chi connectivity index (χ0v) is 14.4. The molecule has 3 aromatic rings. The number of para-hydroxylation sites is 1. The molecule has 4 rings (SSSR count). The van der Waals surface area contributed by atoms with E-state index in [0.717, 1.165) is 40.7 Å². The van der Waals surface area contributed by atoms with E-state index in [1.807, 2.05) is 48.7 Å². The van der Waals surface area contributed by atoms with E-state index < -0.39 is 0 Å². The highest BCUT2D eigenvalue weighted by molar-refractivity contribution is 5.95. The minimum absolute atomic E-state index is 0.0231. The number of nitrogens with one attached hydrogen (secondary N) is 3. The quantitative estimate of drug-likeness (QED) is 0.628. The minimum atomic E-state index is -0.0231. The molecule has 2 aromatic carbocycles. The minimum Gasteiger partial charge on any atom is -0.361 e. The molecule has 0 unspecified atom stereocenters. The summed E-state index contributed by atoms with van der Waals surface area (Å²) in [5, 5.41) is 6.96. The number of aryl methyl sites for hydroxylation is 1. The molecule has 26 heavy (non-hydrogen) atoms. The summed E-state index contributed by atoms with van der Waals surface area (Å²) >= 11 is 0. The largest absolute Gasteiger partial charge is 0.361 e. The molecule has 132 valence electrons. The Balaban J connectivity index is 1.30. The summed E-state index contributed by atoms with van der Waals surface area (Å²) in [6, 6.07) is 15.3. The number of benzene rings is 2. The van der Waals surface area contributed by atoms with Crippen LogP contribution in [-0.4, -0.2) is 16.8 Å². The van der Waals surface area contributed by atoms with Crippen LogP contribution < -0.4 is 10.6 Å². The van der Waals surface area contributed by atoms with Crippen molar-refractivity contribution < 1.29 is 9.59 Å². The third-order valence-electron chi connectivity index (χ3n) is 4.68. The fourth-order valence-electron chi connectivity index (χ4n) is 3.04. The van der Waals surface area contributed by atoms with E-state index in [1.165, 1.54) is 0 Å². The van der Waals surface area contributed by atoms with E-state index in [-0.39, 0.29) is 17.7 Å². The molecule has 0 spiro atoms. The lowest BCUT2D eigenvalue weighted by molar-refractivity contribution is -0.117. The number of aromatic nitrogens is 1. The van der Waals surface area contributed by atoms with Gasteiger partial charge in [0.2, 0.25) is 11.8 Å². The van der Waals surface area contributed by atoms with Crippen LogP contribution in [0.15, 0.2) is 54.7 Å². The Morgan fingerprint density at radius 3 is 2.38 bits per heavy atom. The van der Waals surface area contributed by atoms with Gasteiger partial charge in [0.1, 0.15) is 0 Å². The van der Waals surface area contributed by atoms with Crippen molar-refractivity contribution in [3.8, 4) is 0 Å². The molecule has 1 heterocycles. The maximum atomic E-state index is 12.2. The Morgan fingerprint density at radius 1 is 0.962 bits per heavy atom. The van der Waals surface area contributed by atoms with Gasteiger partial charge in [0.25, 0.3) is 0 Å². The highest BCUT2D eigenvalue weighted by atomic mass is 16.2. The fraction of sp³-hybridized carbons (Fsp3) is 0.238. The van der Waals surface area contributed by atoms with Gasteiger partial charge in [-0.3, -0.25) is 9.59 Å². The van der Waals surface area contributed by atoms with Crippen molar-refractivity contribution in [3.05, 3.63) is 60.3 Å². The highest BCUT2D eigenvalue weighted by Crippen LogP contribution is 2.30. The van der Waals surface area contributed by atoms with Crippen LogP contribution in [0, 0.1) is 5.92 Å². The number of rotatable bonds is 6. The van der Waals surface area contributed by atoms with Crippen molar-refractivity contribution in [2.24, 2.45) is 5.92 Å². The molecule has 2 amide bonds. The second-order valence-corrected chi connectivity index (χ2v) is 6.75. The van der Waals surface area contributed by atoms with Gasteiger partial charge in [0, 0.05) is 40.8 Å². The number of fused-ring (bicyclic) bond motifs is 1. The van der Waals surface area contributed by atoms with Crippen molar-refractivity contribution in [1.82, 2.24) is 4.98 Å². The first kappa shape index (κ1) is 16.4. The summed E-state index contributed by atoms with van der Waals surface area (Å²) in [5.41, 5.74) is 3.73. The molecule has 0 aliphatic heterocycles. The van der Waals surface area contributed by atoms with E-state index in [2.05, 4.69) is 21.7 Å². The monoisotopic (exact) mass is 347 g/mol. The smallest absolute Gasteiger partial charge is 0.227 e. The fourth-order valence-corrected chi connectivity index (χ4v) is 3.04. The molecular formula is C21H21N3O2. The first-order valence-corrected chi connectivity index (χ1v) is 8.95. The Bertz CT molecular complexity index is 939. The zero-order chi connectivity index (χ0) is 17.9. The summed E-state index contributed by atoms with van der Waals surface area (Å²) in [6.07, 6.45) is 5.04. The third kappa shape index (κ3) is 3.77. The van der Waals surface area contributed by atoms with Gasteiger partial charge in [-0.25, -0.2) is 0 Å². The Labute approximate surface area is 151 Å². The highest BCUT2D eigenvalue weighted by Gasteiger charge is 2.29. The van der Waals surface area contributed by atoms with Crippen LogP contribution in [0.1, 0.15) is 24.8 Å². The van der Waals surface area contributed by atoms with Gasteiger partial charge in [-0.2, -0.15) is 0 Å².